The van der Waals surface area contributed by atoms with E-state index >= 15 is 0 Å². The largest absolute Gasteiger partial charge is 0.490 e. The number of hydrogen-bond acceptors (Lipinski definition) is 7. The Hall–Kier alpha value is -2.16. The fourth-order valence-corrected chi connectivity index (χ4v) is 5.56. The first-order chi connectivity index (χ1) is 17.2. The lowest BCUT2D eigenvalue weighted by Gasteiger charge is -2.33. The molecule has 5 rings (SSSR count). The summed E-state index contributed by atoms with van der Waals surface area (Å²) in [7, 11) is 0. The Bertz CT molecular complexity index is 878. The first kappa shape index (κ1) is 24.5. The van der Waals surface area contributed by atoms with Gasteiger partial charge in [-0.25, -0.2) is 4.39 Å². The summed E-state index contributed by atoms with van der Waals surface area (Å²) in [5.74, 6) is 0.263. The molecule has 1 saturated carbocycles. The molecule has 4 fully saturated rings. The van der Waals surface area contributed by atoms with Crippen LogP contribution in [-0.2, 0) is 28.5 Å². The summed E-state index contributed by atoms with van der Waals surface area (Å²) in [4.78, 5) is 12.1. The number of benzene rings is 1. The van der Waals surface area contributed by atoms with Crippen molar-refractivity contribution < 1.29 is 37.6 Å². The maximum Gasteiger partial charge on any atom is 0.306 e. The summed E-state index contributed by atoms with van der Waals surface area (Å²) in [5, 5.41) is 0. The lowest BCUT2D eigenvalue weighted by atomic mass is 9.89. The summed E-state index contributed by atoms with van der Waals surface area (Å²) in [6, 6.07) is 6.37. The number of hydrogen-bond donors (Lipinski definition) is 0. The predicted molar refractivity (Wildman–Crippen MR) is 124 cm³/mol. The van der Waals surface area contributed by atoms with E-state index in [4.69, 9.17) is 28.4 Å². The van der Waals surface area contributed by atoms with E-state index in [1.54, 1.807) is 18.2 Å². The van der Waals surface area contributed by atoms with Gasteiger partial charge in [0.25, 0.3) is 0 Å². The molecule has 2 unspecified atom stereocenters. The summed E-state index contributed by atoms with van der Waals surface area (Å²) >= 11 is 0. The number of carbonyl (C=O) groups is 1. The Morgan fingerprint density at radius 3 is 2.57 bits per heavy atom. The number of rotatable bonds is 9. The summed E-state index contributed by atoms with van der Waals surface area (Å²) < 4.78 is 49.8. The summed E-state index contributed by atoms with van der Waals surface area (Å²) in [5.41, 5.74) is 0. The molecule has 3 aliphatic heterocycles. The van der Waals surface area contributed by atoms with Gasteiger partial charge in [-0.2, -0.15) is 0 Å². The average molecular weight is 491 g/mol. The van der Waals surface area contributed by atoms with E-state index in [1.165, 1.54) is 6.07 Å². The second-order valence-electron chi connectivity index (χ2n) is 9.72. The third kappa shape index (κ3) is 6.16. The topological polar surface area (TPSA) is 72.5 Å². The summed E-state index contributed by atoms with van der Waals surface area (Å²) in [6.07, 6.45) is 8.41. The minimum Gasteiger partial charge on any atom is -0.490 e. The van der Waals surface area contributed by atoms with E-state index in [0.717, 1.165) is 44.3 Å². The Balaban J connectivity index is 1.32. The van der Waals surface area contributed by atoms with E-state index in [0.29, 0.717) is 39.1 Å². The van der Waals surface area contributed by atoms with Crippen LogP contribution in [0.5, 0.6) is 5.75 Å². The van der Waals surface area contributed by atoms with Crippen molar-refractivity contribution in [2.45, 2.75) is 82.6 Å². The lowest BCUT2D eigenvalue weighted by molar-refractivity contribution is -0.201. The zero-order valence-corrected chi connectivity index (χ0v) is 20.1. The highest BCUT2D eigenvalue weighted by atomic mass is 19.1. The van der Waals surface area contributed by atoms with Crippen LogP contribution < -0.4 is 4.74 Å². The molecule has 8 heteroatoms. The van der Waals surface area contributed by atoms with Crippen LogP contribution in [0.2, 0.25) is 0 Å². The molecular weight excluding hydrogens is 455 g/mol. The second-order valence-corrected chi connectivity index (χ2v) is 9.72. The van der Waals surface area contributed by atoms with Crippen molar-refractivity contribution in [3.63, 3.8) is 0 Å². The van der Waals surface area contributed by atoms with Crippen LogP contribution in [-0.4, -0.2) is 50.6 Å². The van der Waals surface area contributed by atoms with Crippen molar-refractivity contribution in [3.8, 4) is 5.75 Å². The molecule has 3 saturated heterocycles. The number of esters is 1. The van der Waals surface area contributed by atoms with Crippen molar-refractivity contribution in [2.24, 2.45) is 11.8 Å². The Morgan fingerprint density at radius 1 is 1.06 bits per heavy atom. The van der Waals surface area contributed by atoms with Crippen LogP contribution in [0.1, 0.15) is 57.8 Å². The smallest absolute Gasteiger partial charge is 0.306 e. The molecule has 4 aliphatic rings. The minimum absolute atomic E-state index is 0.0154. The van der Waals surface area contributed by atoms with Crippen LogP contribution in [0.4, 0.5) is 4.39 Å². The number of para-hydroxylation sites is 1. The highest BCUT2D eigenvalue weighted by molar-refractivity contribution is 5.72. The Kier molecular flexibility index (Phi) is 8.21. The average Bonchev–Trinajstić information content (AvgIpc) is 3.38. The maximum atomic E-state index is 13.9. The van der Waals surface area contributed by atoms with Crippen LogP contribution in [0, 0.1) is 17.7 Å². The van der Waals surface area contributed by atoms with Gasteiger partial charge >= 0.3 is 5.97 Å². The van der Waals surface area contributed by atoms with Crippen molar-refractivity contribution in [2.75, 3.05) is 19.8 Å². The molecule has 0 spiro atoms. The normalized spacial score (nSPS) is 33.3. The standard InChI is InChI=1S/C27H35FO7/c28-19-8-1-2-9-20(19)30-15-7-10-21(34-25-11-3-5-13-31-25)27-18-16-24(29)33-22(18)17-23(27)35-26-12-4-6-14-32-26/h1-2,8-10,18,22-23,25-27H,3-7,11-17H2/b21-10+/t18-,22-,23-,25?,26?,27-/m1/s1. The van der Waals surface area contributed by atoms with Gasteiger partial charge in [-0.05, 0) is 50.3 Å². The van der Waals surface area contributed by atoms with Gasteiger partial charge in [0, 0.05) is 37.7 Å². The van der Waals surface area contributed by atoms with Gasteiger partial charge < -0.3 is 28.4 Å². The quantitative estimate of drug-likeness (QED) is 0.277. The summed E-state index contributed by atoms with van der Waals surface area (Å²) in [6.45, 7) is 1.67. The number of ether oxygens (including phenoxy) is 6. The van der Waals surface area contributed by atoms with Gasteiger partial charge in [0.1, 0.15) is 11.9 Å². The molecule has 6 atom stereocenters. The van der Waals surface area contributed by atoms with Crippen molar-refractivity contribution in [3.05, 3.63) is 41.9 Å². The van der Waals surface area contributed by atoms with Crippen molar-refractivity contribution >= 4 is 5.97 Å². The molecule has 0 aromatic heterocycles. The SMILES string of the molecule is O=C1C[C@H]2[C@H](/C(=C\CCOc3ccccc3F)OC3CCCCO3)[C@H](OC3CCCCO3)C[C@H]2O1. The molecule has 1 aromatic rings. The lowest BCUT2D eigenvalue weighted by Crippen LogP contribution is -2.34. The fourth-order valence-electron chi connectivity index (χ4n) is 5.56. The third-order valence-electron chi connectivity index (χ3n) is 7.25. The molecule has 3 heterocycles. The molecule has 0 bridgehead atoms. The molecule has 1 aromatic carbocycles. The highest BCUT2D eigenvalue weighted by Crippen LogP contribution is 2.47. The zero-order chi connectivity index (χ0) is 24.0. The van der Waals surface area contributed by atoms with Crippen LogP contribution >= 0.6 is 0 Å². The highest BCUT2D eigenvalue weighted by Gasteiger charge is 2.53. The molecule has 7 nitrogen and oxygen atoms in total. The van der Waals surface area contributed by atoms with Gasteiger partial charge in [-0.1, -0.05) is 12.1 Å². The first-order valence-corrected chi connectivity index (χ1v) is 13.0. The van der Waals surface area contributed by atoms with Crippen LogP contribution in [0.25, 0.3) is 0 Å². The molecule has 0 radical (unpaired) electrons. The Morgan fingerprint density at radius 2 is 1.83 bits per heavy atom. The zero-order valence-electron chi connectivity index (χ0n) is 20.1. The fraction of sp³-hybridized carbons (Fsp3) is 0.667. The minimum atomic E-state index is -0.384. The first-order valence-electron chi connectivity index (χ1n) is 13.0. The molecule has 0 amide bonds. The third-order valence-corrected chi connectivity index (χ3v) is 7.25. The monoisotopic (exact) mass is 490 g/mol. The number of halogens is 1. The van der Waals surface area contributed by atoms with Gasteiger partial charge in [0.15, 0.2) is 24.1 Å². The number of fused-ring (bicyclic) bond motifs is 1. The van der Waals surface area contributed by atoms with Crippen molar-refractivity contribution in [1.82, 2.24) is 0 Å². The van der Waals surface area contributed by atoms with Crippen molar-refractivity contribution in [1.29, 1.82) is 0 Å². The molecular formula is C27H35FO7. The van der Waals surface area contributed by atoms with E-state index in [2.05, 4.69) is 0 Å². The van der Waals surface area contributed by atoms with Gasteiger partial charge in [0.2, 0.25) is 0 Å². The molecule has 0 N–H and O–H groups in total. The maximum absolute atomic E-state index is 13.9. The van der Waals surface area contributed by atoms with E-state index in [-0.39, 0.29) is 54.2 Å². The van der Waals surface area contributed by atoms with Crippen LogP contribution in [0.15, 0.2) is 36.1 Å². The van der Waals surface area contributed by atoms with Gasteiger partial charge in [0.05, 0.1) is 25.7 Å². The van der Waals surface area contributed by atoms with Crippen LogP contribution in [0.3, 0.4) is 0 Å². The van der Waals surface area contributed by atoms with E-state index < -0.39 is 0 Å². The number of carbonyl (C=O) groups excluding carboxylic acids is 1. The predicted octanol–water partition coefficient (Wildman–Crippen LogP) is 4.89. The molecule has 192 valence electrons. The Labute approximate surface area is 205 Å². The van der Waals surface area contributed by atoms with Gasteiger partial charge in [-0.15, -0.1) is 0 Å². The second kappa shape index (κ2) is 11.7. The van der Waals surface area contributed by atoms with Gasteiger partial charge in [-0.3, -0.25) is 4.79 Å². The molecule has 1 aliphatic carbocycles. The molecule has 35 heavy (non-hydrogen) atoms. The van der Waals surface area contributed by atoms with E-state index in [1.807, 2.05) is 6.08 Å². The van der Waals surface area contributed by atoms with E-state index in [9.17, 15) is 9.18 Å².